The van der Waals surface area contributed by atoms with Crippen molar-refractivity contribution >= 4 is 22.9 Å². The molecule has 0 aliphatic carbocycles. The Balaban J connectivity index is 2.04. The highest BCUT2D eigenvalue weighted by Crippen LogP contribution is 2.35. The molecule has 2 amide bonds. The van der Waals surface area contributed by atoms with Crippen molar-refractivity contribution in [1.29, 1.82) is 0 Å². The van der Waals surface area contributed by atoms with Gasteiger partial charge in [0, 0.05) is 24.3 Å². The molecule has 6 nitrogen and oxygen atoms in total. The van der Waals surface area contributed by atoms with Gasteiger partial charge >= 0.3 is 0 Å². The molecule has 2 fully saturated rings. The Labute approximate surface area is 171 Å². The van der Waals surface area contributed by atoms with E-state index in [4.69, 9.17) is 4.74 Å². The van der Waals surface area contributed by atoms with Crippen molar-refractivity contribution in [2.75, 3.05) is 5.75 Å². The minimum Gasteiger partial charge on any atom is -0.364 e. The second kappa shape index (κ2) is 10.8. The van der Waals surface area contributed by atoms with Gasteiger partial charge < -0.3 is 20.5 Å². The SMILES string of the molecule is C=CCCCC1CC(NC(=O)/C=C(/C)CCC=C)C[C@](O)([C@@H]2CSC(=O)N2)O1. The molecule has 2 saturated heterocycles. The van der Waals surface area contributed by atoms with Crippen LogP contribution in [0.5, 0.6) is 0 Å². The van der Waals surface area contributed by atoms with Crippen molar-refractivity contribution in [3.63, 3.8) is 0 Å². The van der Waals surface area contributed by atoms with E-state index >= 15 is 0 Å². The lowest BCUT2D eigenvalue weighted by molar-refractivity contribution is -0.269. The van der Waals surface area contributed by atoms with Crippen LogP contribution in [0.3, 0.4) is 0 Å². The fourth-order valence-corrected chi connectivity index (χ4v) is 4.52. The minimum absolute atomic E-state index is 0.155. The first-order chi connectivity index (χ1) is 13.4. The highest BCUT2D eigenvalue weighted by atomic mass is 32.2. The van der Waals surface area contributed by atoms with Crippen molar-refractivity contribution in [3.8, 4) is 0 Å². The van der Waals surface area contributed by atoms with Crippen LogP contribution in [0.2, 0.25) is 0 Å². The third kappa shape index (κ3) is 6.79. The summed E-state index contributed by atoms with van der Waals surface area (Å²) in [5.74, 6) is -1.18. The predicted octanol–water partition coefficient (Wildman–Crippen LogP) is 3.43. The lowest BCUT2D eigenvalue weighted by Gasteiger charge is -2.44. The molecule has 0 aromatic carbocycles. The molecule has 2 rings (SSSR count). The summed E-state index contributed by atoms with van der Waals surface area (Å²) in [4.78, 5) is 24.0. The second-order valence-electron chi connectivity index (χ2n) is 7.56. The van der Waals surface area contributed by atoms with Gasteiger partial charge in [0.2, 0.25) is 5.91 Å². The van der Waals surface area contributed by atoms with E-state index in [9.17, 15) is 14.7 Å². The number of thioether (sulfide) groups is 1. The number of carbonyl (C=O) groups excluding carboxylic acids is 2. The first-order valence-electron chi connectivity index (χ1n) is 9.89. The van der Waals surface area contributed by atoms with E-state index in [-0.39, 0.29) is 29.7 Å². The van der Waals surface area contributed by atoms with Gasteiger partial charge in [0.15, 0.2) is 5.79 Å². The van der Waals surface area contributed by atoms with Crippen molar-refractivity contribution in [2.45, 2.75) is 75.8 Å². The van der Waals surface area contributed by atoms with Crippen LogP contribution < -0.4 is 10.6 Å². The maximum Gasteiger partial charge on any atom is 0.279 e. The largest absolute Gasteiger partial charge is 0.364 e. The number of unbranched alkanes of at least 4 members (excludes halogenated alkanes) is 1. The summed E-state index contributed by atoms with van der Waals surface area (Å²) in [5.41, 5.74) is 0.988. The fourth-order valence-electron chi connectivity index (χ4n) is 3.64. The van der Waals surface area contributed by atoms with Crippen LogP contribution in [0, 0.1) is 0 Å². The van der Waals surface area contributed by atoms with Gasteiger partial charge in [0.05, 0.1) is 12.1 Å². The van der Waals surface area contributed by atoms with Gasteiger partial charge in [-0.05, 0) is 45.4 Å². The maximum atomic E-state index is 12.4. The number of aliphatic hydroxyl groups is 1. The molecule has 0 saturated carbocycles. The van der Waals surface area contributed by atoms with Crippen LogP contribution >= 0.6 is 11.8 Å². The van der Waals surface area contributed by atoms with Gasteiger partial charge in [0.25, 0.3) is 5.24 Å². The van der Waals surface area contributed by atoms with Gasteiger partial charge in [-0.25, -0.2) is 0 Å². The van der Waals surface area contributed by atoms with Gasteiger partial charge in [-0.3, -0.25) is 9.59 Å². The summed E-state index contributed by atoms with van der Waals surface area (Å²) in [6.07, 6.45) is 10.2. The topological polar surface area (TPSA) is 87.7 Å². The number of amides is 2. The number of hydrogen-bond acceptors (Lipinski definition) is 5. The van der Waals surface area contributed by atoms with E-state index in [0.717, 1.165) is 49.4 Å². The van der Waals surface area contributed by atoms with Crippen LogP contribution in [-0.4, -0.2) is 46.0 Å². The van der Waals surface area contributed by atoms with Crippen molar-refractivity contribution in [2.24, 2.45) is 0 Å². The molecule has 4 atom stereocenters. The number of carbonyl (C=O) groups is 2. The van der Waals surface area contributed by atoms with Crippen LogP contribution in [-0.2, 0) is 9.53 Å². The van der Waals surface area contributed by atoms with E-state index < -0.39 is 11.8 Å². The van der Waals surface area contributed by atoms with Crippen LogP contribution in [0.4, 0.5) is 4.79 Å². The van der Waals surface area contributed by atoms with Crippen molar-refractivity contribution < 1.29 is 19.4 Å². The minimum atomic E-state index is -1.48. The summed E-state index contributed by atoms with van der Waals surface area (Å²) < 4.78 is 6.01. The molecule has 0 spiro atoms. The third-order valence-corrected chi connectivity index (χ3v) is 5.96. The summed E-state index contributed by atoms with van der Waals surface area (Å²) in [7, 11) is 0. The lowest BCUT2D eigenvalue weighted by Crippen LogP contribution is -2.60. The zero-order valence-electron chi connectivity index (χ0n) is 16.6. The number of ether oxygens (including phenoxy) is 1. The van der Waals surface area contributed by atoms with Gasteiger partial charge in [0.1, 0.15) is 0 Å². The quantitative estimate of drug-likeness (QED) is 0.293. The number of allylic oxidation sites excluding steroid dienone is 3. The second-order valence-corrected chi connectivity index (χ2v) is 8.56. The smallest absolute Gasteiger partial charge is 0.279 e. The lowest BCUT2D eigenvalue weighted by atomic mass is 9.90. The van der Waals surface area contributed by atoms with Crippen molar-refractivity contribution in [1.82, 2.24) is 10.6 Å². The Morgan fingerprint density at radius 1 is 1.43 bits per heavy atom. The molecule has 28 heavy (non-hydrogen) atoms. The highest BCUT2D eigenvalue weighted by molar-refractivity contribution is 8.14. The standard InChI is InChI=1S/C21H32N2O4S/c1-4-6-8-10-17-12-16(22-19(24)11-15(3)9-7-5-2)13-21(26,27-17)18-14-28-20(25)23-18/h4-5,11,16-18,26H,1-2,6-10,12-14H2,3H3,(H,22,24)(H,23,25)/b15-11-/t16?,17?,18-,21+/m0/s1. The first-order valence-corrected chi connectivity index (χ1v) is 10.9. The maximum absolute atomic E-state index is 12.4. The average Bonchev–Trinajstić information content (AvgIpc) is 3.07. The molecule has 2 unspecified atom stereocenters. The summed E-state index contributed by atoms with van der Waals surface area (Å²) >= 11 is 1.14. The van der Waals surface area contributed by atoms with Gasteiger partial charge in [-0.2, -0.15) is 0 Å². The predicted molar refractivity (Wildman–Crippen MR) is 113 cm³/mol. The normalized spacial score (nSPS) is 30.6. The zero-order chi connectivity index (χ0) is 20.6. The Morgan fingerprint density at radius 2 is 2.18 bits per heavy atom. The Morgan fingerprint density at radius 3 is 2.82 bits per heavy atom. The van der Waals surface area contributed by atoms with Gasteiger partial charge in [-0.1, -0.05) is 29.5 Å². The van der Waals surface area contributed by atoms with Crippen molar-refractivity contribution in [3.05, 3.63) is 37.0 Å². The molecule has 2 aliphatic rings. The summed E-state index contributed by atoms with van der Waals surface area (Å²) in [6.45, 7) is 9.36. The third-order valence-electron chi connectivity index (χ3n) is 5.08. The summed E-state index contributed by atoms with van der Waals surface area (Å²) in [5, 5.41) is 16.8. The molecule has 156 valence electrons. The molecule has 3 N–H and O–H groups in total. The average molecular weight is 409 g/mol. The highest BCUT2D eigenvalue weighted by Gasteiger charge is 2.48. The number of hydrogen-bond donors (Lipinski definition) is 3. The Bertz CT molecular complexity index is 622. The van der Waals surface area contributed by atoms with Crippen LogP contribution in [0.25, 0.3) is 0 Å². The molecule has 0 radical (unpaired) electrons. The molecule has 7 heteroatoms. The molecular formula is C21H32N2O4S. The molecule has 0 aromatic rings. The zero-order valence-corrected chi connectivity index (χ0v) is 17.4. The number of nitrogens with one attached hydrogen (secondary N) is 2. The Kier molecular flexibility index (Phi) is 8.79. The van der Waals surface area contributed by atoms with E-state index in [1.165, 1.54) is 0 Å². The van der Waals surface area contributed by atoms with E-state index in [2.05, 4.69) is 23.8 Å². The molecule has 2 aliphatic heterocycles. The van der Waals surface area contributed by atoms with E-state index in [1.807, 2.05) is 19.1 Å². The van der Waals surface area contributed by atoms with Crippen LogP contribution in [0.15, 0.2) is 37.0 Å². The Hall–Kier alpha value is -1.57. The molecule has 0 bridgehead atoms. The first kappa shape index (κ1) is 22.7. The van der Waals surface area contributed by atoms with E-state index in [1.54, 1.807) is 6.08 Å². The molecular weight excluding hydrogens is 376 g/mol. The van der Waals surface area contributed by atoms with Gasteiger partial charge in [-0.15, -0.1) is 13.2 Å². The summed E-state index contributed by atoms with van der Waals surface area (Å²) in [6, 6.07) is -0.692. The molecule has 2 heterocycles. The monoisotopic (exact) mass is 408 g/mol. The number of rotatable bonds is 10. The van der Waals surface area contributed by atoms with E-state index in [0.29, 0.717) is 12.2 Å². The molecule has 0 aromatic heterocycles. The van der Waals surface area contributed by atoms with Crippen LogP contribution in [0.1, 0.15) is 51.9 Å². The fraction of sp³-hybridized carbons (Fsp3) is 0.619.